The van der Waals surface area contributed by atoms with Crippen molar-refractivity contribution in [3.63, 3.8) is 0 Å². The molecule has 0 unspecified atom stereocenters. The summed E-state index contributed by atoms with van der Waals surface area (Å²) >= 11 is 0. The molecule has 31 heavy (non-hydrogen) atoms. The zero-order valence-electron chi connectivity index (χ0n) is 20.3. The minimum absolute atomic E-state index is 0.106. The summed E-state index contributed by atoms with van der Waals surface area (Å²) in [5.41, 5.74) is 0. The molecule has 0 rings (SSSR count). The van der Waals surface area contributed by atoms with Gasteiger partial charge in [0.1, 0.15) is 11.6 Å². The predicted octanol–water partition coefficient (Wildman–Crippen LogP) is 8.26. The van der Waals surface area contributed by atoms with Crippen molar-refractivity contribution in [1.29, 1.82) is 0 Å². The number of rotatable bonds is 24. The molecule has 0 aromatic heterocycles. The first-order valence-electron chi connectivity index (χ1n) is 12.9. The zero-order chi connectivity index (χ0) is 23.0. The summed E-state index contributed by atoms with van der Waals surface area (Å²) < 4.78 is 0. The second-order valence-electron chi connectivity index (χ2n) is 8.81. The third kappa shape index (κ3) is 23.0. The van der Waals surface area contributed by atoms with Crippen LogP contribution in [0.5, 0.6) is 0 Å². The quantitative estimate of drug-likeness (QED) is 0.0876. The van der Waals surface area contributed by atoms with Crippen LogP contribution in [0.15, 0.2) is 24.8 Å². The van der Waals surface area contributed by atoms with E-state index in [1.807, 2.05) is 6.08 Å². The zero-order valence-corrected chi connectivity index (χ0v) is 20.3. The van der Waals surface area contributed by atoms with E-state index in [0.29, 0.717) is 43.7 Å². The smallest absolute Gasteiger partial charge is 0.155 e. The minimum atomic E-state index is 0.106. The third-order valence-corrected chi connectivity index (χ3v) is 5.75. The first kappa shape index (κ1) is 29.5. The Morgan fingerprint density at radius 2 is 1.06 bits per heavy atom. The van der Waals surface area contributed by atoms with Gasteiger partial charge in [-0.1, -0.05) is 83.4 Å². The predicted molar refractivity (Wildman–Crippen MR) is 132 cm³/mol. The van der Waals surface area contributed by atoms with Crippen LogP contribution in [0.2, 0.25) is 0 Å². The number of carbonyl (C=O) groups is 3. The lowest BCUT2D eigenvalue weighted by atomic mass is 10.0. The van der Waals surface area contributed by atoms with Crippen LogP contribution in [0.1, 0.15) is 135 Å². The highest BCUT2D eigenvalue weighted by molar-refractivity contribution is 5.88. The first-order chi connectivity index (χ1) is 15.1. The maximum atomic E-state index is 11.9. The fourth-order valence-electron chi connectivity index (χ4n) is 3.68. The lowest BCUT2D eigenvalue weighted by Crippen LogP contribution is -1.99. The second-order valence-corrected chi connectivity index (χ2v) is 8.81. The molecule has 0 aliphatic carbocycles. The van der Waals surface area contributed by atoms with Crippen molar-refractivity contribution >= 4 is 17.3 Å². The van der Waals surface area contributed by atoms with E-state index in [1.54, 1.807) is 0 Å². The molecule has 0 saturated heterocycles. The maximum absolute atomic E-state index is 11.9. The van der Waals surface area contributed by atoms with E-state index in [1.165, 1.54) is 51.0 Å². The summed E-state index contributed by atoms with van der Waals surface area (Å²) in [5, 5.41) is 0. The molecule has 0 bridgehead atoms. The van der Waals surface area contributed by atoms with Gasteiger partial charge in [-0.15, -0.1) is 0 Å². The topological polar surface area (TPSA) is 51.2 Å². The first-order valence-corrected chi connectivity index (χ1v) is 12.9. The van der Waals surface area contributed by atoms with E-state index in [4.69, 9.17) is 0 Å². The highest BCUT2D eigenvalue weighted by Crippen LogP contribution is 2.11. The lowest BCUT2D eigenvalue weighted by Gasteiger charge is -2.02. The maximum Gasteiger partial charge on any atom is 0.155 e. The molecule has 0 atom stereocenters. The number of ketones is 3. The van der Waals surface area contributed by atoms with Crippen molar-refractivity contribution in [2.45, 2.75) is 135 Å². The van der Waals surface area contributed by atoms with Crippen LogP contribution in [0, 0.1) is 0 Å². The Balaban J connectivity index is 3.41. The number of carbonyl (C=O) groups excluding carboxylic acids is 3. The van der Waals surface area contributed by atoms with Gasteiger partial charge in [0.05, 0.1) is 0 Å². The molecule has 0 aromatic rings. The van der Waals surface area contributed by atoms with Gasteiger partial charge in [-0.2, -0.15) is 0 Å². The summed E-state index contributed by atoms with van der Waals surface area (Å²) in [7, 11) is 0. The van der Waals surface area contributed by atoms with E-state index < -0.39 is 0 Å². The Bertz CT molecular complexity index is 504. The summed E-state index contributed by atoms with van der Waals surface area (Å²) in [4.78, 5) is 34.9. The van der Waals surface area contributed by atoms with Crippen molar-refractivity contribution in [2.75, 3.05) is 0 Å². The number of unbranched alkanes of at least 4 members (excludes halogenated alkanes) is 12. The number of Topliss-reactive ketones (excluding diaryl/α,β-unsaturated/α-hetero) is 2. The third-order valence-electron chi connectivity index (χ3n) is 5.75. The van der Waals surface area contributed by atoms with Crippen LogP contribution < -0.4 is 0 Å². The number of hydrogen-bond acceptors (Lipinski definition) is 3. The Morgan fingerprint density at radius 3 is 1.68 bits per heavy atom. The fourth-order valence-corrected chi connectivity index (χ4v) is 3.68. The van der Waals surface area contributed by atoms with Crippen LogP contribution in [-0.2, 0) is 14.4 Å². The van der Waals surface area contributed by atoms with E-state index >= 15 is 0 Å². The molecule has 3 heteroatoms. The van der Waals surface area contributed by atoms with Gasteiger partial charge >= 0.3 is 0 Å². The van der Waals surface area contributed by atoms with Gasteiger partial charge in [0.25, 0.3) is 0 Å². The second kappa shape index (κ2) is 23.2. The summed E-state index contributed by atoms with van der Waals surface area (Å²) in [6.45, 7) is 5.72. The molecular weight excluding hydrogens is 384 g/mol. The van der Waals surface area contributed by atoms with Crippen molar-refractivity contribution in [3.8, 4) is 0 Å². The summed E-state index contributed by atoms with van der Waals surface area (Å²) in [5.74, 6) is 0.757. The molecule has 0 amide bonds. The number of allylic oxidation sites excluding steroid dienone is 3. The SMILES string of the molecule is C=CC(=O)CCCCCCC(=O)CCCCCC(=O)CC=CCCCCCCCCC. The van der Waals surface area contributed by atoms with Crippen LogP contribution in [-0.4, -0.2) is 17.3 Å². The monoisotopic (exact) mass is 432 g/mol. The lowest BCUT2D eigenvalue weighted by molar-refractivity contribution is -0.119. The van der Waals surface area contributed by atoms with Crippen molar-refractivity contribution < 1.29 is 14.4 Å². The van der Waals surface area contributed by atoms with Crippen LogP contribution >= 0.6 is 0 Å². The van der Waals surface area contributed by atoms with E-state index in [-0.39, 0.29) is 5.78 Å². The minimum Gasteiger partial charge on any atom is -0.300 e. The van der Waals surface area contributed by atoms with Crippen LogP contribution in [0.25, 0.3) is 0 Å². The standard InChI is InChI=1S/C28H48O3/c1-3-5-6-7-8-9-10-11-12-17-22-27(30)24-19-15-20-25-28(31)23-18-14-13-16-21-26(29)4-2/h4,12,17H,2-3,5-11,13-16,18-25H2,1H3. The normalized spacial score (nSPS) is 11.1. The van der Waals surface area contributed by atoms with Crippen molar-refractivity contribution in [2.24, 2.45) is 0 Å². The molecule has 0 heterocycles. The molecule has 178 valence electrons. The Kier molecular flexibility index (Phi) is 22.0. The van der Waals surface area contributed by atoms with Crippen LogP contribution in [0.4, 0.5) is 0 Å². The molecule has 0 aliphatic heterocycles. The fraction of sp³-hybridized carbons (Fsp3) is 0.750. The van der Waals surface area contributed by atoms with Gasteiger partial charge < -0.3 is 0 Å². The van der Waals surface area contributed by atoms with E-state index in [9.17, 15) is 14.4 Å². The molecule has 0 saturated carbocycles. The molecule has 0 fully saturated rings. The van der Waals surface area contributed by atoms with Gasteiger partial charge in [-0.25, -0.2) is 0 Å². The van der Waals surface area contributed by atoms with Gasteiger partial charge in [0, 0.05) is 32.1 Å². The average Bonchev–Trinajstić information content (AvgIpc) is 2.76. The highest BCUT2D eigenvalue weighted by Gasteiger charge is 2.04. The van der Waals surface area contributed by atoms with Crippen molar-refractivity contribution in [3.05, 3.63) is 24.8 Å². The average molecular weight is 433 g/mol. The summed E-state index contributed by atoms with van der Waals surface area (Å²) in [6, 6.07) is 0. The highest BCUT2D eigenvalue weighted by atomic mass is 16.1. The Hall–Kier alpha value is -1.51. The van der Waals surface area contributed by atoms with Gasteiger partial charge in [-0.3, -0.25) is 14.4 Å². The molecule has 0 spiro atoms. The summed E-state index contributed by atoms with van der Waals surface area (Å²) in [6.07, 6.45) is 25.6. The van der Waals surface area contributed by atoms with Gasteiger partial charge in [-0.05, 0) is 44.6 Å². The molecule has 0 N–H and O–H groups in total. The molecule has 0 radical (unpaired) electrons. The van der Waals surface area contributed by atoms with Crippen LogP contribution in [0.3, 0.4) is 0 Å². The van der Waals surface area contributed by atoms with Gasteiger partial charge in [0.2, 0.25) is 0 Å². The van der Waals surface area contributed by atoms with Crippen molar-refractivity contribution in [1.82, 2.24) is 0 Å². The molecular formula is C28H48O3. The molecule has 0 aliphatic rings. The van der Waals surface area contributed by atoms with E-state index in [2.05, 4.69) is 19.6 Å². The Morgan fingerprint density at radius 1 is 0.581 bits per heavy atom. The largest absolute Gasteiger partial charge is 0.300 e. The molecule has 3 nitrogen and oxygen atoms in total. The Labute approximate surface area is 192 Å². The number of hydrogen-bond donors (Lipinski definition) is 0. The van der Waals surface area contributed by atoms with E-state index in [0.717, 1.165) is 51.4 Å². The van der Waals surface area contributed by atoms with Gasteiger partial charge in [0.15, 0.2) is 5.78 Å². The molecule has 0 aromatic carbocycles.